The van der Waals surface area contributed by atoms with E-state index >= 15 is 0 Å². The van der Waals surface area contributed by atoms with Crippen LogP contribution < -0.4 is 4.74 Å². The van der Waals surface area contributed by atoms with Crippen LogP contribution in [0.15, 0.2) is 24.3 Å². The van der Waals surface area contributed by atoms with Crippen molar-refractivity contribution < 1.29 is 9.47 Å². The lowest BCUT2D eigenvalue weighted by Crippen LogP contribution is -2.17. The molecule has 1 saturated heterocycles. The van der Waals surface area contributed by atoms with Gasteiger partial charge in [0.1, 0.15) is 12.4 Å². The topological polar surface area (TPSA) is 18.5 Å². The molecule has 1 aromatic carbocycles. The second-order valence-electron chi connectivity index (χ2n) is 4.24. The average molecular weight is 285 g/mol. The summed E-state index contributed by atoms with van der Waals surface area (Å²) >= 11 is 3.44. The van der Waals surface area contributed by atoms with Crippen molar-refractivity contribution in [1.29, 1.82) is 0 Å². The molecule has 0 bridgehead atoms. The number of benzene rings is 1. The molecule has 0 saturated carbocycles. The molecule has 1 fully saturated rings. The van der Waals surface area contributed by atoms with Crippen molar-refractivity contribution in [2.45, 2.75) is 37.3 Å². The van der Waals surface area contributed by atoms with Crippen molar-refractivity contribution in [3.63, 3.8) is 0 Å². The lowest BCUT2D eigenvalue weighted by molar-refractivity contribution is 0.0264. The highest BCUT2D eigenvalue weighted by atomic mass is 79.9. The van der Waals surface area contributed by atoms with Gasteiger partial charge in [0.2, 0.25) is 0 Å². The van der Waals surface area contributed by atoms with Gasteiger partial charge < -0.3 is 9.47 Å². The van der Waals surface area contributed by atoms with Crippen LogP contribution in [0.25, 0.3) is 0 Å². The molecule has 3 heteroatoms. The van der Waals surface area contributed by atoms with Gasteiger partial charge in [-0.2, -0.15) is 0 Å². The van der Waals surface area contributed by atoms with Crippen LogP contribution in [0, 0.1) is 0 Å². The second-order valence-corrected chi connectivity index (χ2v) is 4.80. The first-order valence-corrected chi connectivity index (χ1v) is 6.83. The summed E-state index contributed by atoms with van der Waals surface area (Å²) in [6.45, 7) is 2.78. The Bertz CT molecular complexity index is 340. The van der Waals surface area contributed by atoms with Crippen LogP contribution >= 0.6 is 15.9 Å². The van der Waals surface area contributed by atoms with Crippen LogP contribution in [-0.2, 0) is 10.1 Å². The Morgan fingerprint density at radius 3 is 3.00 bits per heavy atom. The van der Waals surface area contributed by atoms with E-state index in [0.717, 1.165) is 23.9 Å². The fourth-order valence-electron chi connectivity index (χ4n) is 1.92. The fraction of sp³-hybridized carbons (Fsp3) is 0.538. The molecule has 1 heterocycles. The van der Waals surface area contributed by atoms with E-state index in [1.54, 1.807) is 0 Å². The minimum atomic E-state index is 0.266. The first-order valence-electron chi connectivity index (χ1n) is 5.71. The van der Waals surface area contributed by atoms with Crippen LogP contribution in [0.5, 0.6) is 5.75 Å². The first-order chi connectivity index (χ1) is 7.78. The van der Waals surface area contributed by atoms with Crippen molar-refractivity contribution in [2.75, 3.05) is 6.61 Å². The van der Waals surface area contributed by atoms with E-state index in [0.29, 0.717) is 12.7 Å². The van der Waals surface area contributed by atoms with Crippen LogP contribution in [0.2, 0.25) is 0 Å². The molecule has 0 N–H and O–H groups in total. The van der Waals surface area contributed by atoms with Gasteiger partial charge in [0.15, 0.2) is 0 Å². The lowest BCUT2D eigenvalue weighted by Gasteiger charge is -2.13. The van der Waals surface area contributed by atoms with Crippen molar-refractivity contribution in [1.82, 2.24) is 0 Å². The Morgan fingerprint density at radius 1 is 1.44 bits per heavy atom. The molecule has 1 aliphatic heterocycles. The molecular weight excluding hydrogens is 268 g/mol. The SMILES string of the molecule is CC1CCC(COc2cccc(CBr)c2)O1. The van der Waals surface area contributed by atoms with Gasteiger partial charge in [-0.3, -0.25) is 0 Å². The number of hydrogen-bond acceptors (Lipinski definition) is 2. The molecule has 2 nitrogen and oxygen atoms in total. The third-order valence-electron chi connectivity index (χ3n) is 2.81. The van der Waals surface area contributed by atoms with E-state index in [9.17, 15) is 0 Å². The number of rotatable bonds is 4. The second kappa shape index (κ2) is 5.69. The Hall–Kier alpha value is -0.540. The molecule has 16 heavy (non-hydrogen) atoms. The van der Waals surface area contributed by atoms with Gasteiger partial charge in [0.25, 0.3) is 0 Å². The van der Waals surface area contributed by atoms with Crippen LogP contribution in [0.1, 0.15) is 25.3 Å². The Kier molecular flexibility index (Phi) is 4.24. The molecule has 2 unspecified atom stereocenters. The number of halogens is 1. The Labute approximate surface area is 105 Å². The predicted molar refractivity (Wildman–Crippen MR) is 68.1 cm³/mol. The van der Waals surface area contributed by atoms with Crippen LogP contribution in [0.4, 0.5) is 0 Å². The van der Waals surface area contributed by atoms with Crippen molar-refractivity contribution in [2.24, 2.45) is 0 Å². The van der Waals surface area contributed by atoms with E-state index in [1.807, 2.05) is 12.1 Å². The van der Waals surface area contributed by atoms with Crippen molar-refractivity contribution in [3.8, 4) is 5.75 Å². The van der Waals surface area contributed by atoms with E-state index in [2.05, 4.69) is 35.0 Å². The largest absolute Gasteiger partial charge is 0.491 e. The van der Waals surface area contributed by atoms with E-state index < -0.39 is 0 Å². The zero-order valence-corrected chi connectivity index (χ0v) is 11.1. The molecule has 0 aromatic heterocycles. The minimum Gasteiger partial charge on any atom is -0.491 e. The van der Waals surface area contributed by atoms with E-state index in [4.69, 9.17) is 9.47 Å². The predicted octanol–water partition coefficient (Wildman–Crippen LogP) is 3.53. The van der Waals surface area contributed by atoms with Gasteiger partial charge in [-0.05, 0) is 37.5 Å². The normalized spacial score (nSPS) is 24.6. The summed E-state index contributed by atoms with van der Waals surface area (Å²) in [6.07, 6.45) is 2.92. The molecule has 0 aliphatic carbocycles. The monoisotopic (exact) mass is 284 g/mol. The van der Waals surface area contributed by atoms with Gasteiger partial charge in [-0.15, -0.1) is 0 Å². The standard InChI is InChI=1S/C13H17BrO2/c1-10-5-6-13(16-10)9-15-12-4-2-3-11(7-12)8-14/h2-4,7,10,13H,5-6,8-9H2,1H3. The molecule has 0 radical (unpaired) electrons. The molecule has 1 aliphatic rings. The third kappa shape index (κ3) is 3.22. The summed E-state index contributed by atoms with van der Waals surface area (Å²) in [7, 11) is 0. The zero-order chi connectivity index (χ0) is 11.4. The number of alkyl halides is 1. The average Bonchev–Trinajstić information content (AvgIpc) is 2.73. The number of hydrogen-bond donors (Lipinski definition) is 0. The third-order valence-corrected chi connectivity index (χ3v) is 3.46. The van der Waals surface area contributed by atoms with Crippen molar-refractivity contribution >= 4 is 15.9 Å². The molecule has 0 amide bonds. The molecule has 1 aromatic rings. The van der Waals surface area contributed by atoms with E-state index in [-0.39, 0.29) is 6.10 Å². The van der Waals surface area contributed by atoms with Gasteiger partial charge in [-0.25, -0.2) is 0 Å². The molecule has 0 spiro atoms. The Balaban J connectivity index is 1.84. The summed E-state index contributed by atoms with van der Waals surface area (Å²) in [5.74, 6) is 0.931. The van der Waals surface area contributed by atoms with Gasteiger partial charge in [0, 0.05) is 5.33 Å². The summed E-state index contributed by atoms with van der Waals surface area (Å²) < 4.78 is 11.4. The molecular formula is C13H17BrO2. The highest BCUT2D eigenvalue weighted by Crippen LogP contribution is 2.21. The van der Waals surface area contributed by atoms with E-state index in [1.165, 1.54) is 5.56 Å². The summed E-state index contributed by atoms with van der Waals surface area (Å²) in [4.78, 5) is 0. The minimum absolute atomic E-state index is 0.266. The fourth-order valence-corrected chi connectivity index (χ4v) is 2.26. The maximum atomic E-state index is 5.73. The summed E-state index contributed by atoms with van der Waals surface area (Å²) in [5.41, 5.74) is 1.23. The van der Waals surface area contributed by atoms with Crippen LogP contribution in [0.3, 0.4) is 0 Å². The first kappa shape index (κ1) is 11.9. The molecule has 88 valence electrons. The highest BCUT2D eigenvalue weighted by molar-refractivity contribution is 9.08. The molecule has 2 rings (SSSR count). The highest BCUT2D eigenvalue weighted by Gasteiger charge is 2.22. The number of ether oxygens (including phenoxy) is 2. The summed E-state index contributed by atoms with van der Waals surface area (Å²) in [6, 6.07) is 8.15. The van der Waals surface area contributed by atoms with Gasteiger partial charge in [0.05, 0.1) is 12.2 Å². The van der Waals surface area contributed by atoms with Crippen molar-refractivity contribution in [3.05, 3.63) is 29.8 Å². The lowest BCUT2D eigenvalue weighted by atomic mass is 10.2. The maximum absolute atomic E-state index is 5.73. The quantitative estimate of drug-likeness (QED) is 0.788. The van der Waals surface area contributed by atoms with Crippen LogP contribution in [-0.4, -0.2) is 18.8 Å². The van der Waals surface area contributed by atoms with Gasteiger partial charge >= 0.3 is 0 Å². The maximum Gasteiger partial charge on any atom is 0.119 e. The smallest absolute Gasteiger partial charge is 0.119 e. The van der Waals surface area contributed by atoms with Gasteiger partial charge in [-0.1, -0.05) is 28.1 Å². The zero-order valence-electron chi connectivity index (χ0n) is 9.49. The summed E-state index contributed by atoms with van der Waals surface area (Å²) in [5, 5.41) is 0.862. The molecule has 2 atom stereocenters. The Morgan fingerprint density at radius 2 is 2.31 bits per heavy atom.